The SMILES string of the molecule is COc1cccc(C(CNc2ccc([N+](=O)[O-])cc2C(F)(F)F)N(C)C)c1. The van der Waals surface area contributed by atoms with Crippen LogP contribution in [0.4, 0.5) is 24.5 Å². The zero-order valence-electron chi connectivity index (χ0n) is 15.1. The van der Waals surface area contributed by atoms with Gasteiger partial charge in [-0.3, -0.25) is 10.1 Å². The summed E-state index contributed by atoms with van der Waals surface area (Å²) in [6.45, 7) is 0.168. The number of rotatable bonds is 7. The molecule has 2 aromatic carbocycles. The number of nitrogens with one attached hydrogen (secondary N) is 1. The van der Waals surface area contributed by atoms with Crippen molar-refractivity contribution in [2.45, 2.75) is 12.2 Å². The summed E-state index contributed by atoms with van der Waals surface area (Å²) in [5.74, 6) is 0.644. The van der Waals surface area contributed by atoms with E-state index in [1.54, 1.807) is 12.1 Å². The molecule has 0 aliphatic rings. The van der Waals surface area contributed by atoms with Gasteiger partial charge in [-0.15, -0.1) is 0 Å². The van der Waals surface area contributed by atoms with Crippen LogP contribution in [0.1, 0.15) is 17.2 Å². The van der Waals surface area contributed by atoms with Crippen LogP contribution in [-0.2, 0) is 6.18 Å². The first-order valence-electron chi connectivity index (χ1n) is 8.03. The largest absolute Gasteiger partial charge is 0.497 e. The smallest absolute Gasteiger partial charge is 0.418 e. The number of nitro benzene ring substituents is 1. The molecule has 0 fully saturated rings. The first-order valence-corrected chi connectivity index (χ1v) is 8.03. The van der Waals surface area contributed by atoms with E-state index in [1.807, 2.05) is 31.1 Å². The molecule has 0 spiro atoms. The van der Waals surface area contributed by atoms with Crippen molar-refractivity contribution in [1.82, 2.24) is 4.90 Å². The van der Waals surface area contributed by atoms with Crippen LogP contribution in [0.25, 0.3) is 0 Å². The molecule has 0 saturated carbocycles. The average molecular weight is 383 g/mol. The molecule has 0 radical (unpaired) electrons. The van der Waals surface area contributed by atoms with E-state index >= 15 is 0 Å². The number of non-ortho nitro benzene ring substituents is 1. The Balaban J connectivity index is 2.30. The predicted octanol–water partition coefficient (Wildman–Crippen LogP) is 4.34. The van der Waals surface area contributed by atoms with Gasteiger partial charge in [0, 0.05) is 24.4 Å². The highest BCUT2D eigenvalue weighted by atomic mass is 19.4. The molecular weight excluding hydrogens is 363 g/mol. The van der Waals surface area contributed by atoms with Crippen molar-refractivity contribution in [2.75, 3.05) is 33.1 Å². The predicted molar refractivity (Wildman–Crippen MR) is 96.0 cm³/mol. The molecule has 1 unspecified atom stereocenters. The molecule has 2 aromatic rings. The lowest BCUT2D eigenvalue weighted by Crippen LogP contribution is -2.27. The molecule has 0 amide bonds. The fraction of sp³-hybridized carbons (Fsp3) is 0.333. The molecule has 6 nitrogen and oxygen atoms in total. The molecule has 27 heavy (non-hydrogen) atoms. The van der Waals surface area contributed by atoms with E-state index < -0.39 is 22.4 Å². The molecule has 0 bridgehead atoms. The zero-order chi connectivity index (χ0) is 20.2. The average Bonchev–Trinajstić information content (AvgIpc) is 2.61. The molecule has 0 aromatic heterocycles. The summed E-state index contributed by atoms with van der Waals surface area (Å²) in [5.41, 5.74) is -1.02. The van der Waals surface area contributed by atoms with E-state index in [0.29, 0.717) is 11.8 Å². The lowest BCUT2D eigenvalue weighted by Gasteiger charge is -2.26. The Morgan fingerprint density at radius 3 is 2.48 bits per heavy atom. The number of nitro groups is 1. The minimum Gasteiger partial charge on any atom is -0.497 e. The summed E-state index contributed by atoms with van der Waals surface area (Å²) >= 11 is 0. The second-order valence-corrected chi connectivity index (χ2v) is 6.12. The van der Waals surface area contributed by atoms with Crippen LogP contribution < -0.4 is 10.1 Å². The third-order valence-corrected chi connectivity index (χ3v) is 4.11. The van der Waals surface area contributed by atoms with Gasteiger partial charge in [0.25, 0.3) is 5.69 Å². The van der Waals surface area contributed by atoms with Crippen LogP contribution in [0.5, 0.6) is 5.75 Å². The van der Waals surface area contributed by atoms with Gasteiger partial charge in [0.1, 0.15) is 5.75 Å². The van der Waals surface area contributed by atoms with E-state index in [9.17, 15) is 23.3 Å². The third kappa shape index (κ3) is 5.10. The maximum atomic E-state index is 13.3. The van der Waals surface area contributed by atoms with Gasteiger partial charge in [0.2, 0.25) is 0 Å². The standard InChI is InChI=1S/C18H20F3N3O3/c1-23(2)17(12-5-4-6-14(9-12)27-3)11-22-16-8-7-13(24(25)26)10-15(16)18(19,20)21/h4-10,17,22H,11H2,1-3H3. The van der Waals surface area contributed by atoms with Crippen LogP contribution in [0.2, 0.25) is 0 Å². The lowest BCUT2D eigenvalue weighted by atomic mass is 10.0. The molecule has 0 aliphatic heterocycles. The Labute approximate surface area is 154 Å². The molecule has 146 valence electrons. The summed E-state index contributed by atoms with van der Waals surface area (Å²) in [6, 6.07) is 9.68. The van der Waals surface area contributed by atoms with Crippen LogP contribution in [0, 0.1) is 10.1 Å². The van der Waals surface area contributed by atoms with Gasteiger partial charge in [-0.25, -0.2) is 0 Å². The Morgan fingerprint density at radius 2 is 1.93 bits per heavy atom. The van der Waals surface area contributed by atoms with Crippen molar-refractivity contribution >= 4 is 11.4 Å². The Kier molecular flexibility index (Phi) is 6.27. The molecule has 2 rings (SSSR count). The molecule has 0 aliphatic carbocycles. The number of methoxy groups -OCH3 is 1. The van der Waals surface area contributed by atoms with Gasteiger partial charge in [0.05, 0.1) is 23.6 Å². The van der Waals surface area contributed by atoms with E-state index in [4.69, 9.17) is 4.74 Å². The number of alkyl halides is 3. The van der Waals surface area contributed by atoms with Crippen LogP contribution >= 0.6 is 0 Å². The number of hydrogen-bond donors (Lipinski definition) is 1. The van der Waals surface area contributed by atoms with Gasteiger partial charge in [-0.1, -0.05) is 12.1 Å². The van der Waals surface area contributed by atoms with Crippen LogP contribution in [0.15, 0.2) is 42.5 Å². The Bertz CT molecular complexity index is 810. The molecule has 1 N–H and O–H groups in total. The number of nitrogens with zero attached hydrogens (tertiary/aromatic N) is 2. The van der Waals surface area contributed by atoms with E-state index in [-0.39, 0.29) is 18.3 Å². The maximum absolute atomic E-state index is 13.3. The Hall–Kier alpha value is -2.81. The van der Waals surface area contributed by atoms with Gasteiger partial charge >= 0.3 is 6.18 Å². The molecular formula is C18H20F3N3O3. The highest BCUT2D eigenvalue weighted by Crippen LogP contribution is 2.37. The van der Waals surface area contributed by atoms with Crippen molar-refractivity contribution in [3.05, 3.63) is 63.7 Å². The topological polar surface area (TPSA) is 67.6 Å². The summed E-state index contributed by atoms with van der Waals surface area (Å²) in [4.78, 5) is 11.8. The van der Waals surface area contributed by atoms with Gasteiger partial charge < -0.3 is 15.0 Å². The second-order valence-electron chi connectivity index (χ2n) is 6.12. The van der Waals surface area contributed by atoms with Crippen LogP contribution in [0.3, 0.4) is 0 Å². The lowest BCUT2D eigenvalue weighted by molar-refractivity contribution is -0.385. The quantitative estimate of drug-likeness (QED) is 0.569. The van der Waals surface area contributed by atoms with Crippen molar-refractivity contribution in [3.8, 4) is 5.75 Å². The van der Waals surface area contributed by atoms with Crippen molar-refractivity contribution in [3.63, 3.8) is 0 Å². The summed E-state index contributed by atoms with van der Waals surface area (Å²) in [7, 11) is 5.16. The monoisotopic (exact) mass is 383 g/mol. The maximum Gasteiger partial charge on any atom is 0.418 e. The highest BCUT2D eigenvalue weighted by Gasteiger charge is 2.35. The fourth-order valence-electron chi connectivity index (χ4n) is 2.69. The summed E-state index contributed by atoms with van der Waals surface area (Å²) in [6.07, 6.45) is -4.71. The fourth-order valence-corrected chi connectivity index (χ4v) is 2.69. The minimum atomic E-state index is -4.71. The number of anilines is 1. The van der Waals surface area contributed by atoms with E-state index in [0.717, 1.165) is 17.7 Å². The van der Waals surface area contributed by atoms with Gasteiger partial charge in [0.15, 0.2) is 0 Å². The van der Waals surface area contributed by atoms with Crippen LogP contribution in [-0.4, -0.2) is 37.6 Å². The third-order valence-electron chi connectivity index (χ3n) is 4.11. The van der Waals surface area contributed by atoms with Crippen molar-refractivity contribution < 1.29 is 22.8 Å². The number of likely N-dealkylation sites (N-methyl/N-ethyl adjacent to an activating group) is 1. The van der Waals surface area contributed by atoms with E-state index in [2.05, 4.69) is 5.32 Å². The number of benzene rings is 2. The number of hydrogen-bond acceptors (Lipinski definition) is 5. The van der Waals surface area contributed by atoms with Crippen molar-refractivity contribution in [1.29, 1.82) is 0 Å². The molecule has 1 atom stereocenters. The van der Waals surface area contributed by atoms with Gasteiger partial charge in [-0.2, -0.15) is 13.2 Å². The highest BCUT2D eigenvalue weighted by molar-refractivity contribution is 5.57. The van der Waals surface area contributed by atoms with Crippen molar-refractivity contribution in [2.24, 2.45) is 0 Å². The first kappa shape index (κ1) is 20.5. The normalized spacial score (nSPS) is 12.7. The zero-order valence-corrected chi connectivity index (χ0v) is 15.1. The minimum absolute atomic E-state index is 0.168. The van der Waals surface area contributed by atoms with E-state index in [1.165, 1.54) is 7.11 Å². The number of halogens is 3. The van der Waals surface area contributed by atoms with Gasteiger partial charge in [-0.05, 0) is 37.9 Å². The molecule has 9 heteroatoms. The first-order chi connectivity index (χ1) is 12.6. The number of ether oxygens (including phenoxy) is 1. The Morgan fingerprint density at radius 1 is 1.22 bits per heavy atom. The second kappa shape index (κ2) is 8.26. The summed E-state index contributed by atoms with van der Waals surface area (Å²) < 4.78 is 45.1. The summed E-state index contributed by atoms with van der Waals surface area (Å²) in [5, 5.41) is 13.6. The molecule has 0 saturated heterocycles. The molecule has 0 heterocycles.